The summed E-state index contributed by atoms with van der Waals surface area (Å²) in [6.07, 6.45) is 5.32. The van der Waals surface area contributed by atoms with Gasteiger partial charge in [-0.1, -0.05) is 0 Å². The van der Waals surface area contributed by atoms with E-state index in [0.717, 1.165) is 71.5 Å². The standard InChI is InChI=1S/C55H74N2O16/c1-56(23-19-35-30-43(64-7)52(68-11)54(70-13)47(35)38(56)27-34-28-39(60-3)50(66-9)40(29-34)61-4)21-15-25-72-45(58)17-18-46(59)73-26-16-22-57(2)24-20-36-31-44(65-8)53(69-12)55(71-14)48(36)49(57)37-32-41(62-5)51(67-10)42(33-37)63-6/h17-18,28-33,38,49H,15-16,19-27H2,1-14H3/q+2/b18-17-. The van der Waals surface area contributed by atoms with E-state index in [9.17, 15) is 9.59 Å². The molecule has 4 unspecified atom stereocenters. The van der Waals surface area contributed by atoms with Crippen molar-refractivity contribution in [2.45, 2.75) is 44.2 Å². The minimum absolute atomic E-state index is 0.115. The highest BCUT2D eigenvalue weighted by molar-refractivity contribution is 5.91. The molecule has 398 valence electrons. The highest BCUT2D eigenvalue weighted by Crippen LogP contribution is 2.54. The molecule has 0 aliphatic carbocycles. The smallest absolute Gasteiger partial charge is 0.331 e. The number of nitrogens with zero attached hydrogens (tertiary/aromatic N) is 2. The molecule has 0 saturated heterocycles. The summed E-state index contributed by atoms with van der Waals surface area (Å²) in [6, 6.07) is 11.4. The number of methoxy groups -OCH3 is 12. The van der Waals surface area contributed by atoms with Crippen molar-refractivity contribution in [3.63, 3.8) is 0 Å². The molecule has 73 heavy (non-hydrogen) atoms. The van der Waals surface area contributed by atoms with Gasteiger partial charge < -0.3 is 75.3 Å². The van der Waals surface area contributed by atoms with E-state index < -0.39 is 11.9 Å². The molecule has 0 spiro atoms. The van der Waals surface area contributed by atoms with Gasteiger partial charge in [-0.15, -0.1) is 0 Å². The lowest BCUT2D eigenvalue weighted by atomic mass is 9.84. The molecule has 2 aliphatic heterocycles. The average molecular weight is 1020 g/mol. The third-order valence-electron chi connectivity index (χ3n) is 14.3. The highest BCUT2D eigenvalue weighted by atomic mass is 16.6. The number of likely N-dealkylation sites (N-methyl/N-ethyl adjacent to an activating group) is 2. The molecule has 0 saturated carbocycles. The van der Waals surface area contributed by atoms with E-state index in [-0.39, 0.29) is 25.3 Å². The van der Waals surface area contributed by atoms with Gasteiger partial charge in [0.2, 0.25) is 23.0 Å². The fourth-order valence-electron chi connectivity index (χ4n) is 10.7. The Morgan fingerprint density at radius 2 is 0.836 bits per heavy atom. The first-order valence-corrected chi connectivity index (χ1v) is 24.1. The Morgan fingerprint density at radius 3 is 1.26 bits per heavy atom. The second-order valence-corrected chi connectivity index (χ2v) is 18.3. The van der Waals surface area contributed by atoms with Gasteiger partial charge in [0.1, 0.15) is 12.1 Å². The molecule has 18 heteroatoms. The Hall–Kier alpha value is -6.92. The molecule has 2 aliphatic rings. The lowest BCUT2D eigenvalue weighted by Crippen LogP contribution is -2.52. The summed E-state index contributed by atoms with van der Waals surface area (Å²) in [7, 11) is 23.5. The SMILES string of the molecule is COc1cc(CC2c3c(cc(OC)c(OC)c3OC)CC[N+]2(C)CCCOC(=O)/C=C\C(=O)OCCC[N+]2(C)CCc3cc(OC)c(OC)c(OC)c3C2c2cc(OC)c(OC)c(OC)c2)cc(OC)c1OC. The van der Waals surface area contributed by atoms with Crippen LogP contribution in [0.3, 0.4) is 0 Å². The zero-order chi connectivity index (χ0) is 53.0. The molecule has 2 heterocycles. The van der Waals surface area contributed by atoms with Crippen LogP contribution in [-0.2, 0) is 38.3 Å². The van der Waals surface area contributed by atoms with Crippen LogP contribution in [0, 0.1) is 0 Å². The van der Waals surface area contributed by atoms with Crippen LogP contribution < -0.4 is 56.8 Å². The number of hydrogen-bond acceptors (Lipinski definition) is 16. The number of ether oxygens (including phenoxy) is 14. The summed E-state index contributed by atoms with van der Waals surface area (Å²) in [4.78, 5) is 26.0. The maximum absolute atomic E-state index is 13.0. The molecular formula is C55H74N2O16+2. The molecular weight excluding hydrogens is 945 g/mol. The number of rotatable bonds is 25. The van der Waals surface area contributed by atoms with Crippen molar-refractivity contribution in [2.75, 3.05) is 139 Å². The largest absolute Gasteiger partial charge is 0.493 e. The quantitative estimate of drug-likeness (QED) is 0.0281. The maximum Gasteiger partial charge on any atom is 0.331 e. The molecule has 0 fully saturated rings. The van der Waals surface area contributed by atoms with E-state index >= 15 is 0 Å². The third kappa shape index (κ3) is 11.5. The maximum atomic E-state index is 13.0. The fourth-order valence-corrected chi connectivity index (χ4v) is 10.7. The zero-order valence-corrected chi connectivity index (χ0v) is 45.0. The molecule has 18 nitrogen and oxygen atoms in total. The van der Waals surface area contributed by atoms with E-state index in [0.29, 0.717) is 110 Å². The number of hydrogen-bond donors (Lipinski definition) is 0. The highest BCUT2D eigenvalue weighted by Gasteiger charge is 2.46. The number of carbonyl (C=O) groups excluding carboxylic acids is 2. The Balaban J connectivity index is 1.12. The second-order valence-electron chi connectivity index (χ2n) is 18.3. The van der Waals surface area contributed by atoms with Crippen LogP contribution >= 0.6 is 0 Å². The summed E-state index contributed by atoms with van der Waals surface area (Å²) in [5, 5.41) is 0. The zero-order valence-electron chi connectivity index (χ0n) is 45.0. The van der Waals surface area contributed by atoms with E-state index in [4.69, 9.17) is 66.3 Å². The molecule has 0 aromatic heterocycles. The second kappa shape index (κ2) is 24.7. The summed E-state index contributed by atoms with van der Waals surface area (Å²) in [6.45, 7) is 3.04. The van der Waals surface area contributed by atoms with Gasteiger partial charge in [-0.3, -0.25) is 0 Å². The predicted octanol–water partition coefficient (Wildman–Crippen LogP) is 7.29. The number of quaternary nitrogens is 2. The van der Waals surface area contributed by atoms with Crippen LogP contribution in [0.25, 0.3) is 0 Å². The van der Waals surface area contributed by atoms with Gasteiger partial charge in [-0.25, -0.2) is 9.59 Å². The first kappa shape index (κ1) is 55.4. The number of benzene rings is 4. The van der Waals surface area contributed by atoms with E-state index in [1.807, 2.05) is 36.4 Å². The summed E-state index contributed by atoms with van der Waals surface area (Å²) in [5.41, 5.74) is 5.97. The molecule has 0 radical (unpaired) electrons. The minimum Gasteiger partial charge on any atom is -0.493 e. The fraction of sp³-hybridized carbons (Fsp3) is 0.491. The number of fused-ring (bicyclic) bond motifs is 2. The molecule has 4 atom stereocenters. The van der Waals surface area contributed by atoms with Crippen LogP contribution in [0.5, 0.6) is 69.0 Å². The third-order valence-corrected chi connectivity index (χ3v) is 14.3. The molecule has 6 rings (SSSR count). The normalized spacial score (nSPS) is 18.9. The van der Waals surface area contributed by atoms with Crippen molar-refractivity contribution in [3.05, 3.63) is 81.9 Å². The lowest BCUT2D eigenvalue weighted by Gasteiger charge is -2.46. The van der Waals surface area contributed by atoms with Crippen molar-refractivity contribution in [1.29, 1.82) is 0 Å². The molecule has 0 N–H and O–H groups in total. The number of esters is 2. The summed E-state index contributed by atoms with van der Waals surface area (Å²) >= 11 is 0. The van der Waals surface area contributed by atoms with Crippen LogP contribution in [0.15, 0.2) is 48.6 Å². The first-order chi connectivity index (χ1) is 35.2. The van der Waals surface area contributed by atoms with Gasteiger partial charge in [0.15, 0.2) is 46.0 Å². The van der Waals surface area contributed by atoms with Crippen molar-refractivity contribution in [3.8, 4) is 69.0 Å². The van der Waals surface area contributed by atoms with Gasteiger partial charge >= 0.3 is 11.9 Å². The monoisotopic (exact) mass is 1020 g/mol. The van der Waals surface area contributed by atoms with Crippen LogP contribution in [-0.4, -0.2) is 160 Å². The van der Waals surface area contributed by atoms with Crippen LogP contribution in [0.4, 0.5) is 0 Å². The Morgan fingerprint density at radius 1 is 0.466 bits per heavy atom. The van der Waals surface area contributed by atoms with Gasteiger partial charge in [-0.05, 0) is 53.1 Å². The topological polar surface area (TPSA) is 163 Å². The molecule has 0 bridgehead atoms. The average Bonchev–Trinajstić information content (AvgIpc) is 3.41. The van der Waals surface area contributed by atoms with E-state index in [1.165, 1.54) is 0 Å². The van der Waals surface area contributed by atoms with Crippen molar-refractivity contribution in [1.82, 2.24) is 0 Å². The van der Waals surface area contributed by atoms with Gasteiger partial charge in [0, 0.05) is 49.8 Å². The summed E-state index contributed by atoms with van der Waals surface area (Å²) in [5.74, 6) is 5.17. The molecule has 4 aromatic carbocycles. The van der Waals surface area contributed by atoms with Crippen molar-refractivity contribution < 1.29 is 84.9 Å². The molecule has 4 aromatic rings. The van der Waals surface area contributed by atoms with Gasteiger partial charge in [-0.2, -0.15) is 0 Å². The van der Waals surface area contributed by atoms with Crippen molar-refractivity contribution >= 4 is 11.9 Å². The lowest BCUT2D eigenvalue weighted by molar-refractivity contribution is -0.941. The number of carbonyl (C=O) groups is 2. The Bertz CT molecular complexity index is 2570. The van der Waals surface area contributed by atoms with E-state index in [2.05, 4.69) is 14.1 Å². The minimum atomic E-state index is -0.649. The van der Waals surface area contributed by atoms with Crippen LogP contribution in [0.2, 0.25) is 0 Å². The van der Waals surface area contributed by atoms with Crippen LogP contribution in [0.1, 0.15) is 58.3 Å². The summed E-state index contributed by atoms with van der Waals surface area (Å²) < 4.78 is 82.0. The Kier molecular flexibility index (Phi) is 18.7. The van der Waals surface area contributed by atoms with E-state index in [1.54, 1.807) is 85.3 Å². The van der Waals surface area contributed by atoms with Gasteiger partial charge in [0.05, 0.1) is 150 Å². The predicted molar refractivity (Wildman–Crippen MR) is 272 cm³/mol. The van der Waals surface area contributed by atoms with Crippen molar-refractivity contribution in [2.24, 2.45) is 0 Å². The van der Waals surface area contributed by atoms with Gasteiger partial charge in [0.25, 0.3) is 0 Å². The Labute approximate surface area is 429 Å². The first-order valence-electron chi connectivity index (χ1n) is 24.1. The molecule has 0 amide bonds.